The molecule has 2 aromatic carbocycles. The van der Waals surface area contributed by atoms with E-state index >= 15 is 0 Å². The molecule has 0 aliphatic rings. The molecule has 0 aliphatic heterocycles. The Bertz CT molecular complexity index is 1240. The van der Waals surface area contributed by atoms with Crippen LogP contribution in [0.1, 0.15) is 19.4 Å². The second-order valence-electron chi connectivity index (χ2n) is 6.93. The molecule has 0 aliphatic carbocycles. The summed E-state index contributed by atoms with van der Waals surface area (Å²) in [5, 5.41) is 5.29. The first-order chi connectivity index (χ1) is 15.3. The molecule has 1 heterocycles. The van der Waals surface area contributed by atoms with Crippen molar-refractivity contribution in [1.29, 1.82) is 0 Å². The zero-order valence-corrected chi connectivity index (χ0v) is 19.6. The Labute approximate surface area is 194 Å². The Balaban J connectivity index is 2.14. The molecule has 3 aromatic rings. The zero-order valence-electron chi connectivity index (χ0n) is 18.1. The maximum Gasteiger partial charge on any atom is 0.321 e. The van der Waals surface area contributed by atoms with E-state index in [4.69, 9.17) is 16.3 Å². The molecule has 0 spiro atoms. The zero-order chi connectivity index (χ0) is 23.4. The van der Waals surface area contributed by atoms with Crippen molar-refractivity contribution in [2.75, 3.05) is 13.7 Å². The molecular weight excluding hydrogens is 452 g/mol. The van der Waals surface area contributed by atoms with Crippen LogP contribution in [0.3, 0.4) is 0 Å². The maximum atomic E-state index is 13.5. The molecule has 1 unspecified atom stereocenters. The van der Waals surface area contributed by atoms with Gasteiger partial charge in [0.2, 0.25) is 5.91 Å². The van der Waals surface area contributed by atoms with Crippen LogP contribution < -0.4 is 20.9 Å². The van der Waals surface area contributed by atoms with Gasteiger partial charge in [0.15, 0.2) is 5.16 Å². The number of nitrogens with zero attached hydrogens (tertiary/aromatic N) is 2. The summed E-state index contributed by atoms with van der Waals surface area (Å²) >= 11 is 7.31. The van der Waals surface area contributed by atoms with Crippen molar-refractivity contribution in [3.8, 4) is 11.4 Å². The first-order valence-corrected chi connectivity index (χ1v) is 11.1. The summed E-state index contributed by atoms with van der Waals surface area (Å²) in [5.74, 6) is -0.116. The number of rotatable bonds is 6. The number of nitrogens with one attached hydrogen (secondary N) is 2. The topological polar surface area (TPSA) is 102 Å². The van der Waals surface area contributed by atoms with E-state index in [0.717, 1.165) is 17.3 Å². The van der Waals surface area contributed by atoms with Crippen LogP contribution in [0, 0.1) is 6.92 Å². The van der Waals surface area contributed by atoms with Gasteiger partial charge in [0.05, 0.1) is 29.0 Å². The molecule has 1 atom stereocenters. The number of ether oxygens (including phenoxy) is 1. The number of methoxy groups -OCH3 is 1. The third-order valence-electron chi connectivity index (χ3n) is 4.67. The van der Waals surface area contributed by atoms with Crippen molar-refractivity contribution in [3.63, 3.8) is 0 Å². The van der Waals surface area contributed by atoms with Crippen molar-refractivity contribution in [2.45, 2.75) is 31.2 Å². The van der Waals surface area contributed by atoms with E-state index in [1.165, 1.54) is 11.7 Å². The van der Waals surface area contributed by atoms with Gasteiger partial charge in [-0.1, -0.05) is 35.5 Å². The molecule has 8 nitrogen and oxygen atoms in total. The van der Waals surface area contributed by atoms with Crippen LogP contribution in [-0.4, -0.2) is 40.4 Å². The second kappa shape index (κ2) is 10.1. The Morgan fingerprint density at radius 3 is 2.69 bits per heavy atom. The highest BCUT2D eigenvalue weighted by Gasteiger charge is 2.23. The first-order valence-electron chi connectivity index (χ1n) is 9.88. The van der Waals surface area contributed by atoms with Crippen molar-refractivity contribution < 1.29 is 14.3 Å². The van der Waals surface area contributed by atoms with Crippen LogP contribution in [0.15, 0.2) is 46.3 Å². The lowest BCUT2D eigenvalue weighted by atomic mass is 10.2. The van der Waals surface area contributed by atoms with Crippen molar-refractivity contribution >= 4 is 46.2 Å². The molecule has 32 heavy (non-hydrogen) atoms. The molecule has 0 saturated carbocycles. The van der Waals surface area contributed by atoms with Crippen molar-refractivity contribution in [1.82, 2.24) is 20.2 Å². The number of thioether (sulfide) groups is 1. The normalized spacial score (nSPS) is 11.8. The number of urea groups is 1. The molecule has 2 N–H and O–H groups in total. The average molecular weight is 475 g/mol. The van der Waals surface area contributed by atoms with Crippen LogP contribution in [0.2, 0.25) is 5.02 Å². The van der Waals surface area contributed by atoms with E-state index in [0.29, 0.717) is 33.9 Å². The average Bonchev–Trinajstić information content (AvgIpc) is 2.76. The maximum absolute atomic E-state index is 13.5. The van der Waals surface area contributed by atoms with Gasteiger partial charge < -0.3 is 10.1 Å². The molecule has 3 rings (SSSR count). The largest absolute Gasteiger partial charge is 0.495 e. The molecule has 168 valence electrons. The van der Waals surface area contributed by atoms with Crippen LogP contribution in [0.25, 0.3) is 16.6 Å². The fourth-order valence-corrected chi connectivity index (χ4v) is 4.09. The fraction of sp³-hybridized carbons (Fsp3) is 0.273. The minimum Gasteiger partial charge on any atom is -0.495 e. The third-order valence-corrected chi connectivity index (χ3v) is 6.13. The highest BCUT2D eigenvalue weighted by molar-refractivity contribution is 8.00. The van der Waals surface area contributed by atoms with Gasteiger partial charge in [-0.2, -0.15) is 0 Å². The number of benzene rings is 2. The van der Waals surface area contributed by atoms with E-state index in [2.05, 4.69) is 15.6 Å². The van der Waals surface area contributed by atoms with E-state index in [9.17, 15) is 14.4 Å². The second-order valence-corrected chi connectivity index (χ2v) is 8.65. The number of fused-ring (bicyclic) bond motifs is 1. The van der Waals surface area contributed by atoms with Crippen LogP contribution in [0.4, 0.5) is 4.79 Å². The Hall–Kier alpha value is -3.04. The van der Waals surface area contributed by atoms with Gasteiger partial charge in [0.25, 0.3) is 5.56 Å². The van der Waals surface area contributed by atoms with Gasteiger partial charge >= 0.3 is 6.03 Å². The third kappa shape index (κ3) is 4.89. The molecule has 0 radical (unpaired) electrons. The SMILES string of the molecule is CCNC(=O)NC(=O)C(C)Sc1nc2ccccc2c(=O)n1-c1cc(C)c(Cl)cc1OC. The number of aromatic nitrogens is 2. The number of hydrogen-bond donors (Lipinski definition) is 2. The standard InChI is InChI=1S/C22H23ClN4O4S/c1-5-24-21(30)26-19(28)13(3)32-22-25-16-9-7-6-8-14(16)20(29)27(22)17-10-12(2)15(23)11-18(17)31-4/h6-11,13H,5H2,1-4H3,(H2,24,26,28,30). The van der Waals surface area contributed by atoms with E-state index in [1.54, 1.807) is 50.2 Å². The van der Waals surface area contributed by atoms with Crippen LogP contribution in [0.5, 0.6) is 5.75 Å². The Morgan fingerprint density at radius 2 is 2.00 bits per heavy atom. The molecule has 3 amide bonds. The Kier molecular flexibility index (Phi) is 7.42. The van der Waals surface area contributed by atoms with Crippen molar-refractivity contribution in [2.24, 2.45) is 0 Å². The lowest BCUT2D eigenvalue weighted by Crippen LogP contribution is -2.42. The molecule has 10 heteroatoms. The van der Waals surface area contributed by atoms with E-state index in [1.807, 2.05) is 6.92 Å². The monoisotopic (exact) mass is 474 g/mol. The molecule has 0 fully saturated rings. The van der Waals surface area contributed by atoms with E-state index in [-0.39, 0.29) is 10.7 Å². The summed E-state index contributed by atoms with van der Waals surface area (Å²) in [4.78, 5) is 42.3. The number of carbonyl (C=O) groups excluding carboxylic acids is 2. The smallest absolute Gasteiger partial charge is 0.321 e. The summed E-state index contributed by atoms with van der Waals surface area (Å²) in [6.45, 7) is 5.60. The van der Waals surface area contributed by atoms with Crippen LogP contribution in [-0.2, 0) is 4.79 Å². The molecule has 1 aromatic heterocycles. The van der Waals surface area contributed by atoms with E-state index < -0.39 is 17.2 Å². The molecule has 0 saturated heterocycles. The van der Waals surface area contributed by atoms with Gasteiger partial charge in [-0.05, 0) is 44.5 Å². The number of halogens is 1. The summed E-state index contributed by atoms with van der Waals surface area (Å²) in [6.07, 6.45) is 0. The number of amides is 3. The summed E-state index contributed by atoms with van der Waals surface area (Å²) < 4.78 is 6.88. The minimum atomic E-state index is -0.712. The fourth-order valence-electron chi connectivity index (χ4n) is 3.02. The number of para-hydroxylation sites is 1. The predicted octanol–water partition coefficient (Wildman–Crippen LogP) is 3.68. The lowest BCUT2D eigenvalue weighted by Gasteiger charge is -2.18. The predicted molar refractivity (Wildman–Crippen MR) is 126 cm³/mol. The lowest BCUT2D eigenvalue weighted by molar-refractivity contribution is -0.119. The van der Waals surface area contributed by atoms with Gasteiger partial charge in [-0.15, -0.1) is 0 Å². The highest BCUT2D eigenvalue weighted by atomic mass is 35.5. The van der Waals surface area contributed by atoms with Gasteiger partial charge in [0, 0.05) is 17.6 Å². The molecule has 0 bridgehead atoms. The number of imide groups is 1. The van der Waals surface area contributed by atoms with Crippen molar-refractivity contribution in [3.05, 3.63) is 57.3 Å². The summed E-state index contributed by atoms with van der Waals surface area (Å²) in [5.41, 5.74) is 1.39. The number of hydrogen-bond acceptors (Lipinski definition) is 6. The number of carbonyl (C=O) groups is 2. The van der Waals surface area contributed by atoms with Gasteiger partial charge in [-0.3, -0.25) is 19.5 Å². The van der Waals surface area contributed by atoms with Crippen LogP contribution >= 0.6 is 23.4 Å². The summed E-state index contributed by atoms with van der Waals surface area (Å²) in [7, 11) is 1.49. The first kappa shape index (κ1) is 23.6. The Morgan fingerprint density at radius 1 is 1.28 bits per heavy atom. The minimum absolute atomic E-state index is 0.285. The highest BCUT2D eigenvalue weighted by Crippen LogP contribution is 2.33. The molecular formula is C22H23ClN4O4S. The number of aryl methyl sites for hydroxylation is 1. The van der Waals surface area contributed by atoms with Gasteiger partial charge in [-0.25, -0.2) is 9.78 Å². The summed E-state index contributed by atoms with van der Waals surface area (Å²) in [6, 6.07) is 9.76. The quantitative estimate of drug-likeness (QED) is 0.417. The van der Waals surface area contributed by atoms with Gasteiger partial charge in [0.1, 0.15) is 5.75 Å².